The summed E-state index contributed by atoms with van der Waals surface area (Å²) in [4.78, 5) is 14.7. The average Bonchev–Trinajstić information content (AvgIpc) is 3.23. The fraction of sp³-hybridized carbons (Fsp3) is 0.962. The SMILES string of the molecule is CCN1C[C@]2(COC)CCC(O)C34C5CC6C(OC(C)=O)C5[C@](O)(C[C@@H]6OC)C(C(OC)C32)C14. The highest BCUT2D eigenvalue weighted by atomic mass is 16.5. The van der Waals surface area contributed by atoms with E-state index in [9.17, 15) is 15.0 Å². The number of fused-ring (bicyclic) bond motifs is 2. The zero-order chi connectivity index (χ0) is 24.2. The number of aliphatic hydroxyl groups is 2. The smallest absolute Gasteiger partial charge is 0.302 e. The van der Waals surface area contributed by atoms with Crippen LogP contribution in [-0.4, -0.2) is 98.2 Å². The van der Waals surface area contributed by atoms with Crippen LogP contribution in [0.2, 0.25) is 0 Å². The van der Waals surface area contributed by atoms with E-state index < -0.39 is 23.2 Å². The van der Waals surface area contributed by atoms with E-state index in [0.717, 1.165) is 32.4 Å². The van der Waals surface area contributed by atoms with Crippen molar-refractivity contribution in [3.63, 3.8) is 0 Å². The van der Waals surface area contributed by atoms with Crippen LogP contribution in [0, 0.1) is 40.4 Å². The molecule has 1 aliphatic heterocycles. The van der Waals surface area contributed by atoms with Crippen molar-refractivity contribution in [1.82, 2.24) is 4.90 Å². The highest BCUT2D eigenvalue weighted by molar-refractivity contribution is 5.66. The second-order valence-corrected chi connectivity index (χ2v) is 12.1. The lowest BCUT2D eigenvalue weighted by atomic mass is 9.43. The summed E-state index contributed by atoms with van der Waals surface area (Å²) in [5.41, 5.74) is -1.66. The van der Waals surface area contributed by atoms with Gasteiger partial charge in [-0.2, -0.15) is 0 Å². The molecule has 10 unspecified atom stereocenters. The van der Waals surface area contributed by atoms with E-state index in [4.69, 9.17) is 18.9 Å². The van der Waals surface area contributed by atoms with Crippen molar-refractivity contribution in [2.24, 2.45) is 40.4 Å². The van der Waals surface area contributed by atoms with Crippen molar-refractivity contribution in [2.45, 2.75) is 75.6 Å². The van der Waals surface area contributed by atoms with Gasteiger partial charge in [0, 0.05) is 81.8 Å². The fourth-order valence-corrected chi connectivity index (χ4v) is 11.0. The van der Waals surface area contributed by atoms with Crippen LogP contribution in [0.4, 0.5) is 0 Å². The molecule has 1 saturated heterocycles. The Bertz CT molecular complexity index is 855. The van der Waals surface area contributed by atoms with Gasteiger partial charge in [-0.3, -0.25) is 9.69 Å². The molecule has 192 valence electrons. The van der Waals surface area contributed by atoms with E-state index in [2.05, 4.69) is 11.8 Å². The Balaban J connectivity index is 1.61. The van der Waals surface area contributed by atoms with Crippen molar-refractivity contribution in [3.05, 3.63) is 0 Å². The number of methoxy groups -OCH3 is 3. The third-order valence-electron chi connectivity index (χ3n) is 11.4. The number of piperidine rings is 1. The number of ether oxygens (including phenoxy) is 4. The highest BCUT2D eigenvalue weighted by Crippen LogP contribution is 2.79. The predicted octanol–water partition coefficient (Wildman–Crippen LogP) is 1.07. The maximum Gasteiger partial charge on any atom is 0.302 e. The number of carbonyl (C=O) groups is 1. The van der Waals surface area contributed by atoms with Crippen molar-refractivity contribution in [3.8, 4) is 0 Å². The Kier molecular flexibility index (Phi) is 5.29. The van der Waals surface area contributed by atoms with Gasteiger partial charge >= 0.3 is 5.97 Å². The minimum Gasteiger partial charge on any atom is -0.462 e. The van der Waals surface area contributed by atoms with Crippen LogP contribution in [0.25, 0.3) is 0 Å². The van der Waals surface area contributed by atoms with Crippen molar-refractivity contribution in [2.75, 3.05) is 41.0 Å². The number of rotatable bonds is 6. The van der Waals surface area contributed by atoms with E-state index >= 15 is 0 Å². The summed E-state index contributed by atoms with van der Waals surface area (Å²) >= 11 is 0. The number of likely N-dealkylation sites (tertiary alicyclic amines) is 1. The Labute approximate surface area is 202 Å². The van der Waals surface area contributed by atoms with Gasteiger partial charge in [0.05, 0.1) is 30.5 Å². The number of esters is 1. The molecule has 5 aliphatic carbocycles. The van der Waals surface area contributed by atoms with Gasteiger partial charge in [0.1, 0.15) is 6.10 Å². The molecule has 5 saturated carbocycles. The lowest BCUT2D eigenvalue weighted by Crippen LogP contribution is -2.76. The number of nitrogens with zero attached hydrogens (tertiary/aromatic N) is 1. The Morgan fingerprint density at radius 2 is 1.91 bits per heavy atom. The molecule has 0 aromatic rings. The van der Waals surface area contributed by atoms with E-state index in [1.165, 1.54) is 6.92 Å². The van der Waals surface area contributed by atoms with Crippen molar-refractivity contribution in [1.29, 1.82) is 0 Å². The molecule has 0 amide bonds. The van der Waals surface area contributed by atoms with E-state index in [0.29, 0.717) is 13.0 Å². The lowest BCUT2D eigenvalue weighted by Gasteiger charge is -2.68. The number of aliphatic hydroxyl groups excluding tert-OH is 1. The Morgan fingerprint density at radius 1 is 1.15 bits per heavy atom. The molecule has 8 nitrogen and oxygen atoms in total. The van der Waals surface area contributed by atoms with Gasteiger partial charge in [0.2, 0.25) is 0 Å². The molecule has 0 aromatic heterocycles. The van der Waals surface area contributed by atoms with Crippen LogP contribution in [0.3, 0.4) is 0 Å². The zero-order valence-electron chi connectivity index (χ0n) is 21.1. The molecule has 0 radical (unpaired) electrons. The quantitative estimate of drug-likeness (QED) is 0.546. The zero-order valence-corrected chi connectivity index (χ0v) is 21.1. The van der Waals surface area contributed by atoms with E-state index in [1.807, 2.05) is 0 Å². The first-order chi connectivity index (χ1) is 16.2. The van der Waals surface area contributed by atoms with Gasteiger partial charge in [-0.05, 0) is 31.7 Å². The topological polar surface area (TPSA) is 97.7 Å². The normalized spacial score (nSPS) is 57.0. The molecule has 6 fully saturated rings. The van der Waals surface area contributed by atoms with Gasteiger partial charge < -0.3 is 29.2 Å². The summed E-state index contributed by atoms with van der Waals surface area (Å²) < 4.78 is 24.1. The molecular formula is C26H41NO7. The maximum absolute atomic E-state index is 12.7. The van der Waals surface area contributed by atoms with Crippen LogP contribution in [0.15, 0.2) is 0 Å². The Hall–Kier alpha value is -0.770. The van der Waals surface area contributed by atoms with Gasteiger partial charge in [-0.1, -0.05) is 6.92 Å². The van der Waals surface area contributed by atoms with Crippen LogP contribution < -0.4 is 0 Å². The molecule has 8 heteroatoms. The summed E-state index contributed by atoms with van der Waals surface area (Å²) in [5, 5.41) is 24.7. The maximum atomic E-state index is 12.7. The minimum atomic E-state index is -1.09. The van der Waals surface area contributed by atoms with E-state index in [1.54, 1.807) is 21.3 Å². The third-order valence-corrected chi connectivity index (χ3v) is 11.4. The first-order valence-electron chi connectivity index (χ1n) is 13.1. The lowest BCUT2D eigenvalue weighted by molar-refractivity contribution is -0.274. The fourth-order valence-electron chi connectivity index (χ4n) is 11.0. The van der Waals surface area contributed by atoms with Crippen LogP contribution in [-0.2, 0) is 23.7 Å². The monoisotopic (exact) mass is 479 g/mol. The second kappa shape index (κ2) is 7.62. The molecule has 1 spiro atoms. The number of hydrogen-bond donors (Lipinski definition) is 2. The Morgan fingerprint density at radius 3 is 2.53 bits per heavy atom. The minimum absolute atomic E-state index is 0.0197. The summed E-state index contributed by atoms with van der Waals surface area (Å²) in [5.74, 6) is -0.586. The van der Waals surface area contributed by atoms with Gasteiger partial charge in [-0.15, -0.1) is 0 Å². The standard InChI is InChI=1S/C26H41NO7/c1-6-27-11-24(12-31-3)8-7-17(29)26-15-9-14-16(32-4)10-25(30,18(15)20(14)34-13(2)28)19(23(26)27)21(33-5)22(24)26/h14-23,29-30H,6-12H2,1-5H3/t14?,15?,16-,17?,18?,19?,20?,21?,22?,23?,24-,25+,26?/m0/s1. The van der Waals surface area contributed by atoms with Crippen LogP contribution in [0.1, 0.15) is 39.5 Å². The summed E-state index contributed by atoms with van der Waals surface area (Å²) in [7, 11) is 5.23. The molecule has 1 heterocycles. The molecule has 6 rings (SSSR count). The first-order valence-corrected chi connectivity index (χ1v) is 13.1. The first kappa shape index (κ1) is 23.6. The summed E-state index contributed by atoms with van der Waals surface area (Å²) in [6, 6.07) is 0.0197. The number of hydrogen-bond acceptors (Lipinski definition) is 8. The summed E-state index contributed by atoms with van der Waals surface area (Å²) in [6.07, 6.45) is 1.64. The molecular weight excluding hydrogens is 438 g/mol. The average molecular weight is 480 g/mol. The van der Waals surface area contributed by atoms with E-state index in [-0.39, 0.29) is 59.2 Å². The van der Waals surface area contributed by atoms with Gasteiger partial charge in [-0.25, -0.2) is 0 Å². The predicted molar refractivity (Wildman–Crippen MR) is 122 cm³/mol. The molecule has 0 aromatic carbocycles. The molecule has 2 N–H and O–H groups in total. The molecule has 7 bridgehead atoms. The molecule has 6 aliphatic rings. The van der Waals surface area contributed by atoms with Gasteiger partial charge in [0.25, 0.3) is 0 Å². The molecule has 13 atom stereocenters. The summed E-state index contributed by atoms with van der Waals surface area (Å²) in [6.45, 7) is 6.00. The second-order valence-electron chi connectivity index (χ2n) is 12.1. The van der Waals surface area contributed by atoms with Gasteiger partial charge in [0.15, 0.2) is 0 Å². The third kappa shape index (κ3) is 2.48. The van der Waals surface area contributed by atoms with Crippen LogP contribution >= 0.6 is 0 Å². The van der Waals surface area contributed by atoms with Crippen molar-refractivity contribution >= 4 is 5.97 Å². The van der Waals surface area contributed by atoms with Crippen LogP contribution in [0.5, 0.6) is 0 Å². The largest absolute Gasteiger partial charge is 0.462 e. The molecule has 34 heavy (non-hydrogen) atoms. The number of carbonyl (C=O) groups excluding carboxylic acids is 1. The van der Waals surface area contributed by atoms with Crippen molar-refractivity contribution < 1.29 is 34.0 Å². The highest BCUT2D eigenvalue weighted by Gasteiger charge is 2.86.